The van der Waals surface area contributed by atoms with Crippen LogP contribution in [0.4, 0.5) is 5.69 Å². The third-order valence-electron chi connectivity index (χ3n) is 4.15. The highest BCUT2D eigenvalue weighted by Gasteiger charge is 2.17. The van der Waals surface area contributed by atoms with Crippen molar-refractivity contribution in [3.05, 3.63) is 60.2 Å². The van der Waals surface area contributed by atoms with Crippen molar-refractivity contribution in [1.29, 1.82) is 0 Å². The van der Waals surface area contributed by atoms with Gasteiger partial charge in [-0.25, -0.2) is 0 Å². The largest absolute Gasteiger partial charge is 0.483 e. The molecule has 25 heavy (non-hydrogen) atoms. The second-order valence-electron chi connectivity index (χ2n) is 6.00. The van der Waals surface area contributed by atoms with Crippen LogP contribution >= 0.6 is 0 Å². The van der Waals surface area contributed by atoms with Gasteiger partial charge in [0, 0.05) is 18.7 Å². The van der Waals surface area contributed by atoms with Crippen LogP contribution in [0.2, 0.25) is 0 Å². The van der Waals surface area contributed by atoms with Crippen LogP contribution < -0.4 is 10.2 Å². The Bertz CT molecular complexity index is 710. The predicted octanol–water partition coefficient (Wildman–Crippen LogP) is 3.52. The van der Waals surface area contributed by atoms with Crippen LogP contribution in [0.1, 0.15) is 24.8 Å². The van der Waals surface area contributed by atoms with Gasteiger partial charge in [0.25, 0.3) is 5.91 Å². The van der Waals surface area contributed by atoms with E-state index in [2.05, 4.69) is 10.5 Å². The average molecular weight is 337 g/mol. The summed E-state index contributed by atoms with van der Waals surface area (Å²) in [5.41, 5.74) is 4.72. The van der Waals surface area contributed by atoms with Gasteiger partial charge in [0.15, 0.2) is 6.61 Å². The third-order valence-corrected chi connectivity index (χ3v) is 4.15. The van der Waals surface area contributed by atoms with Crippen molar-refractivity contribution in [3.8, 4) is 5.75 Å². The molecule has 0 aliphatic carbocycles. The molecule has 2 aromatic carbocycles. The van der Waals surface area contributed by atoms with Crippen molar-refractivity contribution in [2.24, 2.45) is 5.10 Å². The monoisotopic (exact) mass is 337 g/mol. The highest BCUT2D eigenvalue weighted by Crippen LogP contribution is 2.17. The second kappa shape index (κ2) is 8.87. The van der Waals surface area contributed by atoms with Crippen LogP contribution in [0, 0.1) is 0 Å². The SMILES string of the molecule is O=C(COc1ccccc1C=NNc1ccccc1)N1CCCCC1. The summed E-state index contributed by atoms with van der Waals surface area (Å²) in [6, 6.07) is 17.3. The number of hydrogen-bond acceptors (Lipinski definition) is 4. The average Bonchev–Trinajstić information content (AvgIpc) is 2.68. The summed E-state index contributed by atoms with van der Waals surface area (Å²) in [7, 11) is 0. The van der Waals surface area contributed by atoms with Crippen LogP contribution in [0.5, 0.6) is 5.75 Å². The molecule has 1 aliphatic rings. The molecule has 1 aliphatic heterocycles. The topological polar surface area (TPSA) is 53.9 Å². The van der Waals surface area contributed by atoms with Gasteiger partial charge in [-0.3, -0.25) is 10.2 Å². The van der Waals surface area contributed by atoms with Gasteiger partial charge in [-0.15, -0.1) is 0 Å². The first-order valence-electron chi connectivity index (χ1n) is 8.67. The maximum absolute atomic E-state index is 12.2. The molecule has 1 fully saturated rings. The van der Waals surface area contributed by atoms with Crippen molar-refractivity contribution in [1.82, 2.24) is 4.90 Å². The number of piperidine rings is 1. The van der Waals surface area contributed by atoms with Gasteiger partial charge in [-0.2, -0.15) is 5.10 Å². The number of amides is 1. The molecular formula is C20H23N3O2. The Morgan fingerprint density at radius 2 is 1.76 bits per heavy atom. The van der Waals surface area contributed by atoms with Crippen molar-refractivity contribution in [3.63, 3.8) is 0 Å². The lowest BCUT2D eigenvalue weighted by Gasteiger charge is -2.26. The van der Waals surface area contributed by atoms with E-state index in [9.17, 15) is 4.79 Å². The summed E-state index contributed by atoms with van der Waals surface area (Å²) >= 11 is 0. The van der Waals surface area contributed by atoms with Gasteiger partial charge in [0.2, 0.25) is 0 Å². The third kappa shape index (κ3) is 5.08. The summed E-state index contributed by atoms with van der Waals surface area (Å²) in [4.78, 5) is 14.1. The van der Waals surface area contributed by atoms with Crippen LogP contribution in [0.15, 0.2) is 59.7 Å². The molecule has 0 unspecified atom stereocenters. The van der Waals surface area contributed by atoms with Gasteiger partial charge in [-0.1, -0.05) is 30.3 Å². The van der Waals surface area contributed by atoms with Crippen molar-refractivity contribution in [2.45, 2.75) is 19.3 Å². The Hall–Kier alpha value is -2.82. The summed E-state index contributed by atoms with van der Waals surface area (Å²) in [5.74, 6) is 0.709. The van der Waals surface area contributed by atoms with E-state index in [4.69, 9.17) is 4.74 Å². The molecule has 5 heteroatoms. The first-order valence-corrected chi connectivity index (χ1v) is 8.67. The van der Waals surface area contributed by atoms with Crippen LogP contribution in [-0.4, -0.2) is 36.7 Å². The number of hydrazone groups is 1. The van der Waals surface area contributed by atoms with E-state index in [1.807, 2.05) is 59.5 Å². The summed E-state index contributed by atoms with van der Waals surface area (Å²) in [5, 5.41) is 4.24. The van der Waals surface area contributed by atoms with E-state index in [-0.39, 0.29) is 12.5 Å². The summed E-state index contributed by atoms with van der Waals surface area (Å²) in [6.45, 7) is 1.75. The number of likely N-dealkylation sites (tertiary alicyclic amines) is 1. The molecule has 0 radical (unpaired) electrons. The number of anilines is 1. The molecule has 1 heterocycles. The number of benzene rings is 2. The number of hydrogen-bond donors (Lipinski definition) is 1. The number of ether oxygens (including phenoxy) is 1. The number of nitrogens with one attached hydrogen (secondary N) is 1. The molecule has 0 atom stereocenters. The highest BCUT2D eigenvalue weighted by molar-refractivity contribution is 5.84. The fourth-order valence-corrected chi connectivity index (χ4v) is 2.78. The number of rotatable bonds is 6. The zero-order valence-electron chi connectivity index (χ0n) is 14.2. The van der Waals surface area contributed by atoms with Gasteiger partial charge in [-0.05, 0) is 43.5 Å². The first-order chi connectivity index (χ1) is 12.3. The van der Waals surface area contributed by atoms with Gasteiger partial charge < -0.3 is 9.64 Å². The lowest BCUT2D eigenvalue weighted by Crippen LogP contribution is -2.38. The molecule has 1 amide bonds. The Balaban J connectivity index is 1.57. The smallest absolute Gasteiger partial charge is 0.260 e. The van der Waals surface area contributed by atoms with Gasteiger partial charge >= 0.3 is 0 Å². The Morgan fingerprint density at radius 3 is 2.56 bits per heavy atom. The lowest BCUT2D eigenvalue weighted by atomic mass is 10.1. The minimum absolute atomic E-state index is 0.0499. The molecular weight excluding hydrogens is 314 g/mol. The number of carbonyl (C=O) groups excluding carboxylic acids is 1. The fraction of sp³-hybridized carbons (Fsp3) is 0.300. The molecule has 2 aromatic rings. The molecule has 0 spiro atoms. The zero-order valence-corrected chi connectivity index (χ0v) is 14.2. The molecule has 0 aromatic heterocycles. The van der Waals surface area contributed by atoms with E-state index < -0.39 is 0 Å². The standard InChI is InChI=1S/C20H23N3O2/c24-20(23-13-7-2-8-14-23)16-25-19-12-6-5-9-17(19)15-21-22-18-10-3-1-4-11-18/h1,3-6,9-12,15,22H,2,7-8,13-14,16H2. The van der Waals surface area contributed by atoms with E-state index in [0.717, 1.165) is 37.2 Å². The van der Waals surface area contributed by atoms with Crippen LogP contribution in [0.3, 0.4) is 0 Å². The lowest BCUT2D eigenvalue weighted by molar-refractivity contribution is -0.134. The molecule has 1 N–H and O–H groups in total. The Kier molecular flexibility index (Phi) is 6.04. The maximum atomic E-state index is 12.2. The van der Waals surface area contributed by atoms with Crippen LogP contribution in [-0.2, 0) is 4.79 Å². The Labute approximate surface area is 148 Å². The molecule has 1 saturated heterocycles. The van der Waals surface area contributed by atoms with Crippen molar-refractivity contribution in [2.75, 3.05) is 25.1 Å². The van der Waals surface area contributed by atoms with Gasteiger partial charge in [0.05, 0.1) is 11.9 Å². The molecule has 3 rings (SSSR count). The zero-order chi connectivity index (χ0) is 17.3. The maximum Gasteiger partial charge on any atom is 0.260 e. The number of nitrogens with zero attached hydrogens (tertiary/aromatic N) is 2. The second-order valence-corrected chi connectivity index (χ2v) is 6.00. The van der Waals surface area contributed by atoms with Crippen molar-refractivity contribution >= 4 is 17.8 Å². The predicted molar refractivity (Wildman–Crippen MR) is 100 cm³/mol. The van der Waals surface area contributed by atoms with Crippen molar-refractivity contribution < 1.29 is 9.53 Å². The molecule has 130 valence electrons. The normalized spacial score (nSPS) is 14.5. The summed E-state index contributed by atoms with van der Waals surface area (Å²) < 4.78 is 5.74. The van der Waals surface area contributed by atoms with E-state index in [1.54, 1.807) is 6.21 Å². The molecule has 5 nitrogen and oxygen atoms in total. The fourth-order valence-electron chi connectivity index (χ4n) is 2.78. The van der Waals surface area contributed by atoms with E-state index in [0.29, 0.717) is 5.75 Å². The Morgan fingerprint density at radius 1 is 1.04 bits per heavy atom. The van der Waals surface area contributed by atoms with Gasteiger partial charge in [0.1, 0.15) is 5.75 Å². The quantitative estimate of drug-likeness (QED) is 0.648. The first kappa shape index (κ1) is 17.0. The number of para-hydroxylation sites is 2. The van der Waals surface area contributed by atoms with E-state index in [1.165, 1.54) is 6.42 Å². The van der Waals surface area contributed by atoms with Crippen LogP contribution in [0.25, 0.3) is 0 Å². The van der Waals surface area contributed by atoms with E-state index >= 15 is 0 Å². The molecule has 0 saturated carbocycles. The highest BCUT2D eigenvalue weighted by atomic mass is 16.5. The molecule has 0 bridgehead atoms. The minimum Gasteiger partial charge on any atom is -0.483 e. The number of carbonyl (C=O) groups is 1. The summed E-state index contributed by atoms with van der Waals surface area (Å²) in [6.07, 6.45) is 5.08. The minimum atomic E-state index is 0.0499.